The number of carbonyl (C=O) groups excluding carboxylic acids is 1. The molecule has 0 aliphatic heterocycles. The molecule has 5 heteroatoms. The number of amides is 1. The molecular weight excluding hydrogens is 198 g/mol. The zero-order valence-corrected chi connectivity index (χ0v) is 9.11. The van der Waals surface area contributed by atoms with Crippen LogP contribution in [0, 0.1) is 0 Å². The van der Waals surface area contributed by atoms with Crippen LogP contribution in [0.3, 0.4) is 0 Å². The van der Waals surface area contributed by atoms with Gasteiger partial charge in [0.05, 0.1) is 6.61 Å². The van der Waals surface area contributed by atoms with E-state index in [0.29, 0.717) is 32.4 Å². The standard InChI is InChI=1S/C10H19NO4/c1-2-11(7-8-12)9(13)5-3-4-6-10(14)15/h12H,2-8H2,1H3,(H,14,15). The van der Waals surface area contributed by atoms with Crippen LogP contribution >= 0.6 is 0 Å². The third kappa shape index (κ3) is 6.90. The highest BCUT2D eigenvalue weighted by Crippen LogP contribution is 2.03. The van der Waals surface area contributed by atoms with Gasteiger partial charge < -0.3 is 15.1 Å². The molecule has 0 heterocycles. The summed E-state index contributed by atoms with van der Waals surface area (Å²) in [5, 5.41) is 17.1. The molecule has 0 aliphatic carbocycles. The zero-order chi connectivity index (χ0) is 11.7. The molecule has 0 saturated carbocycles. The Balaban J connectivity index is 3.66. The number of nitrogens with zero attached hydrogens (tertiary/aromatic N) is 1. The van der Waals surface area contributed by atoms with E-state index in [4.69, 9.17) is 10.2 Å². The molecule has 0 bridgehead atoms. The van der Waals surface area contributed by atoms with Crippen LogP contribution in [-0.4, -0.2) is 46.7 Å². The Labute approximate surface area is 89.7 Å². The van der Waals surface area contributed by atoms with Crippen molar-refractivity contribution in [2.75, 3.05) is 19.7 Å². The number of rotatable bonds is 8. The number of hydrogen-bond donors (Lipinski definition) is 2. The van der Waals surface area contributed by atoms with Gasteiger partial charge in [0.25, 0.3) is 0 Å². The van der Waals surface area contributed by atoms with Crippen molar-refractivity contribution >= 4 is 11.9 Å². The van der Waals surface area contributed by atoms with Crippen molar-refractivity contribution in [3.05, 3.63) is 0 Å². The fourth-order valence-corrected chi connectivity index (χ4v) is 1.29. The summed E-state index contributed by atoms with van der Waals surface area (Å²) in [4.78, 5) is 23.3. The van der Waals surface area contributed by atoms with Crippen LogP contribution in [0.1, 0.15) is 32.6 Å². The summed E-state index contributed by atoms with van der Waals surface area (Å²) in [5.41, 5.74) is 0. The second-order valence-corrected chi connectivity index (χ2v) is 3.30. The lowest BCUT2D eigenvalue weighted by Crippen LogP contribution is -2.33. The van der Waals surface area contributed by atoms with Crippen LogP contribution < -0.4 is 0 Å². The van der Waals surface area contributed by atoms with Crippen LogP contribution in [0.25, 0.3) is 0 Å². The molecule has 0 saturated heterocycles. The minimum atomic E-state index is -0.829. The molecule has 0 radical (unpaired) electrons. The first kappa shape index (κ1) is 13.9. The molecule has 0 spiro atoms. The van der Waals surface area contributed by atoms with Crippen LogP contribution in [-0.2, 0) is 9.59 Å². The lowest BCUT2D eigenvalue weighted by atomic mass is 10.2. The lowest BCUT2D eigenvalue weighted by Gasteiger charge is -2.19. The number of aliphatic carboxylic acids is 1. The Morgan fingerprint density at radius 2 is 1.80 bits per heavy atom. The second kappa shape index (κ2) is 8.23. The number of carbonyl (C=O) groups is 2. The third-order valence-electron chi connectivity index (χ3n) is 2.14. The van der Waals surface area contributed by atoms with E-state index in [1.54, 1.807) is 4.90 Å². The highest BCUT2D eigenvalue weighted by molar-refractivity contribution is 5.76. The van der Waals surface area contributed by atoms with E-state index in [1.165, 1.54) is 0 Å². The zero-order valence-electron chi connectivity index (χ0n) is 9.11. The molecule has 0 unspecified atom stereocenters. The number of aliphatic hydroxyl groups excluding tert-OH is 1. The van der Waals surface area contributed by atoms with Crippen molar-refractivity contribution in [1.82, 2.24) is 4.90 Å². The van der Waals surface area contributed by atoms with Crippen LogP contribution in [0.15, 0.2) is 0 Å². The predicted molar refractivity (Wildman–Crippen MR) is 55.4 cm³/mol. The average Bonchev–Trinajstić information content (AvgIpc) is 2.20. The van der Waals surface area contributed by atoms with Gasteiger partial charge in [0.15, 0.2) is 0 Å². The van der Waals surface area contributed by atoms with Gasteiger partial charge in [-0.1, -0.05) is 0 Å². The Bertz CT molecular complexity index is 206. The highest BCUT2D eigenvalue weighted by atomic mass is 16.4. The Kier molecular flexibility index (Phi) is 7.62. The van der Waals surface area contributed by atoms with Crippen molar-refractivity contribution in [1.29, 1.82) is 0 Å². The van der Waals surface area contributed by atoms with E-state index >= 15 is 0 Å². The summed E-state index contributed by atoms with van der Waals surface area (Å²) in [6.45, 7) is 2.76. The molecule has 0 fully saturated rings. The summed E-state index contributed by atoms with van der Waals surface area (Å²) >= 11 is 0. The van der Waals surface area contributed by atoms with Crippen molar-refractivity contribution in [3.8, 4) is 0 Å². The first-order valence-electron chi connectivity index (χ1n) is 5.22. The fourth-order valence-electron chi connectivity index (χ4n) is 1.29. The van der Waals surface area contributed by atoms with E-state index in [0.717, 1.165) is 0 Å². The quantitative estimate of drug-likeness (QED) is 0.579. The van der Waals surface area contributed by atoms with E-state index < -0.39 is 5.97 Å². The second-order valence-electron chi connectivity index (χ2n) is 3.30. The number of unbranched alkanes of at least 4 members (excludes halogenated alkanes) is 1. The fraction of sp³-hybridized carbons (Fsp3) is 0.800. The average molecular weight is 217 g/mol. The number of carboxylic acid groups (broad SMARTS) is 1. The van der Waals surface area contributed by atoms with Gasteiger partial charge in [0.1, 0.15) is 0 Å². The van der Waals surface area contributed by atoms with Crippen LogP contribution in [0.4, 0.5) is 0 Å². The van der Waals surface area contributed by atoms with Gasteiger partial charge in [-0.25, -0.2) is 0 Å². The largest absolute Gasteiger partial charge is 0.481 e. The molecule has 0 atom stereocenters. The van der Waals surface area contributed by atoms with E-state index in [9.17, 15) is 9.59 Å². The molecule has 88 valence electrons. The molecule has 0 aromatic heterocycles. The molecular formula is C10H19NO4. The summed E-state index contributed by atoms with van der Waals surface area (Å²) in [6, 6.07) is 0. The summed E-state index contributed by atoms with van der Waals surface area (Å²) in [7, 11) is 0. The molecule has 2 N–H and O–H groups in total. The van der Waals surface area contributed by atoms with E-state index in [2.05, 4.69) is 0 Å². The van der Waals surface area contributed by atoms with Crippen LogP contribution in [0.2, 0.25) is 0 Å². The van der Waals surface area contributed by atoms with Gasteiger partial charge in [-0.05, 0) is 19.8 Å². The Hall–Kier alpha value is -1.10. The highest BCUT2D eigenvalue weighted by Gasteiger charge is 2.10. The molecule has 0 aromatic rings. The van der Waals surface area contributed by atoms with Gasteiger partial charge in [0, 0.05) is 25.9 Å². The number of aliphatic hydroxyl groups is 1. The SMILES string of the molecule is CCN(CCO)C(=O)CCCCC(=O)O. The number of hydrogen-bond acceptors (Lipinski definition) is 3. The minimum absolute atomic E-state index is 0.0167. The number of carboxylic acids is 1. The van der Waals surface area contributed by atoms with Crippen molar-refractivity contribution < 1.29 is 19.8 Å². The van der Waals surface area contributed by atoms with Gasteiger partial charge in [-0.3, -0.25) is 9.59 Å². The smallest absolute Gasteiger partial charge is 0.303 e. The monoisotopic (exact) mass is 217 g/mol. The predicted octanol–water partition coefficient (Wildman–Crippen LogP) is 0.472. The Morgan fingerprint density at radius 1 is 1.20 bits per heavy atom. The first-order valence-corrected chi connectivity index (χ1v) is 5.22. The van der Waals surface area contributed by atoms with Gasteiger partial charge in [-0.2, -0.15) is 0 Å². The summed E-state index contributed by atoms with van der Waals surface area (Å²) in [5.74, 6) is -0.845. The first-order chi connectivity index (χ1) is 7.11. The normalized spacial score (nSPS) is 10.0. The molecule has 0 rings (SSSR count). The lowest BCUT2D eigenvalue weighted by molar-refractivity contribution is -0.137. The molecule has 1 amide bonds. The molecule has 0 aromatic carbocycles. The number of likely N-dealkylation sites (N-methyl/N-ethyl adjacent to an activating group) is 1. The van der Waals surface area contributed by atoms with Crippen molar-refractivity contribution in [2.24, 2.45) is 0 Å². The summed E-state index contributed by atoms with van der Waals surface area (Å²) < 4.78 is 0. The molecule has 15 heavy (non-hydrogen) atoms. The summed E-state index contributed by atoms with van der Waals surface area (Å²) in [6.07, 6.45) is 1.59. The van der Waals surface area contributed by atoms with Gasteiger partial charge in [0.2, 0.25) is 5.91 Å². The topological polar surface area (TPSA) is 77.8 Å². The maximum atomic E-state index is 11.5. The maximum absolute atomic E-state index is 11.5. The van der Waals surface area contributed by atoms with E-state index in [1.807, 2.05) is 6.92 Å². The molecule has 5 nitrogen and oxygen atoms in total. The maximum Gasteiger partial charge on any atom is 0.303 e. The van der Waals surface area contributed by atoms with Gasteiger partial charge >= 0.3 is 5.97 Å². The van der Waals surface area contributed by atoms with Crippen molar-refractivity contribution in [3.63, 3.8) is 0 Å². The minimum Gasteiger partial charge on any atom is -0.481 e. The van der Waals surface area contributed by atoms with Crippen LogP contribution in [0.5, 0.6) is 0 Å². The van der Waals surface area contributed by atoms with Gasteiger partial charge in [-0.15, -0.1) is 0 Å². The van der Waals surface area contributed by atoms with E-state index in [-0.39, 0.29) is 18.9 Å². The Morgan fingerprint density at radius 3 is 2.27 bits per heavy atom. The molecule has 0 aliphatic rings. The van der Waals surface area contributed by atoms with Crippen molar-refractivity contribution in [2.45, 2.75) is 32.6 Å². The third-order valence-corrected chi connectivity index (χ3v) is 2.14.